The van der Waals surface area contributed by atoms with E-state index in [1.807, 2.05) is 0 Å². The molecule has 0 aliphatic rings. The summed E-state index contributed by atoms with van der Waals surface area (Å²) in [5.74, 6) is 2.53. The van der Waals surface area contributed by atoms with Crippen LogP contribution in [0.2, 0.25) is 0 Å². The zero-order valence-electron chi connectivity index (χ0n) is 19.8. The van der Waals surface area contributed by atoms with Gasteiger partial charge in [0, 0.05) is 6.07 Å². The van der Waals surface area contributed by atoms with Crippen molar-refractivity contribution in [1.29, 1.82) is 0 Å². The highest BCUT2D eigenvalue weighted by Gasteiger charge is 2.40. The zero-order valence-corrected chi connectivity index (χ0v) is 21.6. The van der Waals surface area contributed by atoms with E-state index in [2.05, 4.69) is 27.7 Å². The van der Waals surface area contributed by atoms with E-state index in [0.29, 0.717) is 18.3 Å². The van der Waals surface area contributed by atoms with Crippen LogP contribution in [0, 0.1) is 17.8 Å². The van der Waals surface area contributed by atoms with Crippen LogP contribution in [0.15, 0.2) is 24.5 Å². The van der Waals surface area contributed by atoms with Gasteiger partial charge >= 0.3 is 7.60 Å². The Labute approximate surface area is 192 Å². The highest BCUT2D eigenvalue weighted by molar-refractivity contribution is 7.70. The van der Waals surface area contributed by atoms with Crippen molar-refractivity contribution in [2.45, 2.75) is 84.6 Å². The molecule has 1 aromatic heterocycles. The van der Waals surface area contributed by atoms with Crippen molar-refractivity contribution in [2.24, 2.45) is 17.8 Å². The van der Waals surface area contributed by atoms with Crippen molar-refractivity contribution in [3.05, 3.63) is 24.5 Å². The maximum atomic E-state index is 11.4. The van der Waals surface area contributed by atoms with E-state index in [1.165, 1.54) is 49.1 Å². The summed E-state index contributed by atoms with van der Waals surface area (Å²) in [5.41, 5.74) is 0. The van der Waals surface area contributed by atoms with Gasteiger partial charge in [-0.3, -0.25) is 4.57 Å². The molecule has 0 aliphatic carbocycles. The Bertz CT molecular complexity index is 740. The van der Waals surface area contributed by atoms with Crippen molar-refractivity contribution in [3.63, 3.8) is 0 Å². The largest absolute Gasteiger partial charge is 0.778 e. The monoisotopic (exact) mass is 493 g/mol. The third-order valence-electron chi connectivity index (χ3n) is 5.72. The van der Waals surface area contributed by atoms with Crippen molar-refractivity contribution < 1.29 is 38.0 Å². The number of hydrogen-bond donors (Lipinski definition) is 3. The Kier molecular flexibility index (Phi) is 12.7. The summed E-state index contributed by atoms with van der Waals surface area (Å²) in [4.78, 5) is 39.0. The van der Waals surface area contributed by atoms with Crippen LogP contribution in [0.25, 0.3) is 0 Å². The number of nitrogens with zero attached hydrogens (tertiary/aromatic N) is 1. The molecule has 0 bridgehead atoms. The highest BCUT2D eigenvalue weighted by Crippen LogP contribution is 2.57. The number of hydrogen-bond acceptors (Lipinski definition) is 4. The Morgan fingerprint density at radius 2 is 1.53 bits per heavy atom. The molecule has 0 aromatic carbocycles. The van der Waals surface area contributed by atoms with Crippen LogP contribution >= 0.6 is 15.2 Å². The minimum absolute atomic E-state index is 0.474. The van der Waals surface area contributed by atoms with Gasteiger partial charge in [-0.2, -0.15) is 0 Å². The van der Waals surface area contributed by atoms with Crippen molar-refractivity contribution >= 4 is 15.2 Å². The second kappa shape index (κ2) is 13.8. The first-order chi connectivity index (χ1) is 14.8. The molecule has 0 saturated carbocycles. The quantitative estimate of drug-likeness (QED) is 0.234. The molecule has 0 radical (unpaired) electrons. The highest BCUT2D eigenvalue weighted by atomic mass is 31.2. The molecule has 1 rings (SSSR count). The Morgan fingerprint density at radius 1 is 0.969 bits per heavy atom. The summed E-state index contributed by atoms with van der Waals surface area (Å²) in [7, 11) is -10.2. The van der Waals surface area contributed by atoms with Gasteiger partial charge in [0.25, 0.3) is 0 Å². The van der Waals surface area contributed by atoms with Crippen LogP contribution in [0.4, 0.5) is 0 Å². The number of ether oxygens (including phenoxy) is 1. The molecule has 1 aromatic rings. The second-order valence-corrected chi connectivity index (χ2v) is 13.4. The van der Waals surface area contributed by atoms with Crippen LogP contribution in [-0.4, -0.2) is 26.7 Å². The average molecular weight is 494 g/mol. The molecule has 10 heteroatoms. The van der Waals surface area contributed by atoms with E-state index in [1.54, 1.807) is 12.1 Å². The fourth-order valence-corrected chi connectivity index (χ4v) is 5.96. The Morgan fingerprint density at radius 3 is 2.06 bits per heavy atom. The van der Waals surface area contributed by atoms with E-state index in [-0.39, 0.29) is 0 Å². The molecule has 0 aliphatic heterocycles. The van der Waals surface area contributed by atoms with E-state index < -0.39 is 27.1 Å². The molecule has 8 nitrogen and oxygen atoms in total. The third kappa shape index (κ3) is 12.5. The normalized spacial score (nSPS) is 17.0. The maximum Gasteiger partial charge on any atom is 0.343 e. The molecule has 0 saturated heterocycles. The standard InChI is InChI=1S/C22H41NO7P2/c1-18(2)8-5-9-19(3)10-6-11-20(4)13-15-30-21-12-7-14-23(16-21)17-22(31(24,25)26)32(27,28)29/h7,12,14,16,18-20,22H,5-6,8-11,13,15,17H2,1-4H3,(H3-,24,25,26,27,28,29). The number of rotatable bonds is 16. The van der Waals surface area contributed by atoms with Crippen LogP contribution in [0.5, 0.6) is 5.75 Å². The van der Waals surface area contributed by atoms with Crippen LogP contribution in [0.3, 0.4) is 0 Å². The van der Waals surface area contributed by atoms with Crippen LogP contribution in [-0.2, 0) is 15.7 Å². The first-order valence-electron chi connectivity index (χ1n) is 11.5. The SMILES string of the molecule is CC(C)CCCC(C)CCCC(C)CCOc1ccc[n+](CC(P(=O)([O-])O)P(=O)(O)O)c1. The lowest BCUT2D eigenvalue weighted by Gasteiger charge is -2.25. The first-order valence-corrected chi connectivity index (χ1v) is 14.8. The predicted octanol–water partition coefficient (Wildman–Crippen LogP) is 4.06. The van der Waals surface area contributed by atoms with E-state index in [9.17, 15) is 28.7 Å². The summed E-state index contributed by atoms with van der Waals surface area (Å²) in [5, 5.41) is -2.19. The molecular formula is C22H41NO7P2. The second-order valence-electron chi connectivity index (χ2n) is 9.47. The zero-order chi connectivity index (χ0) is 24.4. The summed E-state index contributed by atoms with van der Waals surface area (Å²) in [6.45, 7) is 9.00. The lowest BCUT2D eigenvalue weighted by Crippen LogP contribution is -2.40. The van der Waals surface area contributed by atoms with E-state index in [0.717, 1.165) is 24.7 Å². The van der Waals surface area contributed by atoms with Gasteiger partial charge in [0.05, 0.1) is 6.61 Å². The van der Waals surface area contributed by atoms with Gasteiger partial charge in [0.1, 0.15) is 0 Å². The van der Waals surface area contributed by atoms with Gasteiger partial charge in [-0.1, -0.05) is 66.2 Å². The topological polar surface area (TPSA) is 131 Å². The molecule has 4 atom stereocenters. The van der Waals surface area contributed by atoms with Crippen molar-refractivity contribution in [3.8, 4) is 5.75 Å². The van der Waals surface area contributed by atoms with Gasteiger partial charge in [-0.25, -0.2) is 4.57 Å². The molecule has 3 N–H and O–H groups in total. The first kappa shape index (κ1) is 29.3. The van der Waals surface area contributed by atoms with Crippen LogP contribution in [0.1, 0.15) is 72.6 Å². The fraction of sp³-hybridized carbons (Fsp3) is 0.773. The third-order valence-corrected chi connectivity index (χ3v) is 9.36. The molecule has 32 heavy (non-hydrogen) atoms. The van der Waals surface area contributed by atoms with Gasteiger partial charge in [0.15, 0.2) is 31.5 Å². The summed E-state index contributed by atoms with van der Waals surface area (Å²) >= 11 is 0. The van der Waals surface area contributed by atoms with Gasteiger partial charge in [0.2, 0.25) is 6.20 Å². The lowest BCUT2D eigenvalue weighted by atomic mass is 9.93. The fourth-order valence-electron chi connectivity index (χ4n) is 3.64. The van der Waals surface area contributed by atoms with Crippen LogP contribution < -0.4 is 14.2 Å². The summed E-state index contributed by atoms with van der Waals surface area (Å²) in [6, 6.07) is 3.30. The molecule has 1 heterocycles. The predicted molar refractivity (Wildman–Crippen MR) is 123 cm³/mol. The number of aromatic nitrogens is 1. The van der Waals surface area contributed by atoms with E-state index in [4.69, 9.17) is 4.74 Å². The molecule has 0 amide bonds. The lowest BCUT2D eigenvalue weighted by molar-refractivity contribution is -0.695. The van der Waals surface area contributed by atoms with Crippen molar-refractivity contribution in [2.75, 3.05) is 6.61 Å². The average Bonchev–Trinajstić information content (AvgIpc) is 2.64. The molecule has 4 unspecified atom stereocenters. The van der Waals surface area contributed by atoms with Gasteiger partial charge < -0.3 is 28.9 Å². The molecular weight excluding hydrogens is 452 g/mol. The van der Waals surface area contributed by atoms with E-state index >= 15 is 0 Å². The molecule has 0 fully saturated rings. The minimum atomic E-state index is -5.22. The van der Waals surface area contributed by atoms with Gasteiger partial charge in [-0.05, 0) is 30.2 Å². The minimum Gasteiger partial charge on any atom is -0.778 e. The maximum absolute atomic E-state index is 11.4. The summed E-state index contributed by atoms with van der Waals surface area (Å²) < 4.78 is 29.9. The molecule has 186 valence electrons. The van der Waals surface area contributed by atoms with Crippen molar-refractivity contribution in [1.82, 2.24) is 0 Å². The van der Waals surface area contributed by atoms with Gasteiger partial charge in [-0.15, -0.1) is 0 Å². The number of pyridine rings is 1. The molecule has 0 spiro atoms. The Balaban J connectivity index is 2.41. The summed E-state index contributed by atoms with van der Waals surface area (Å²) in [6.07, 6.45) is 11.3. The Hall–Kier alpha value is -0.750. The smallest absolute Gasteiger partial charge is 0.343 e.